The lowest BCUT2D eigenvalue weighted by atomic mass is 10.1. The predicted octanol–water partition coefficient (Wildman–Crippen LogP) is 4.26. The predicted molar refractivity (Wildman–Crippen MR) is 81.7 cm³/mol. The molecular weight excluding hydrogens is 351 g/mol. The van der Waals surface area contributed by atoms with Gasteiger partial charge in [-0.05, 0) is 35.7 Å². The second kappa shape index (κ2) is 5.15. The number of fused-ring (bicyclic) bond motifs is 1. The van der Waals surface area contributed by atoms with Crippen LogP contribution in [0, 0.1) is 0 Å². The van der Waals surface area contributed by atoms with Crippen molar-refractivity contribution in [1.82, 2.24) is 9.97 Å². The van der Waals surface area contributed by atoms with Crippen LogP contribution in [-0.2, 0) is 6.42 Å². The zero-order valence-electron chi connectivity index (χ0n) is 9.67. The van der Waals surface area contributed by atoms with Crippen molar-refractivity contribution in [2.75, 3.05) is 17.2 Å². The molecule has 1 aliphatic heterocycles. The molecule has 0 spiro atoms. The molecule has 0 aliphatic carbocycles. The van der Waals surface area contributed by atoms with Gasteiger partial charge in [0.15, 0.2) is 5.82 Å². The lowest BCUT2D eigenvalue weighted by Gasteiger charge is -2.13. The van der Waals surface area contributed by atoms with Crippen LogP contribution in [0.1, 0.15) is 5.56 Å². The first-order chi connectivity index (χ1) is 9.15. The third kappa shape index (κ3) is 2.50. The Bertz CT molecular complexity index is 648. The minimum Gasteiger partial charge on any atom is -0.383 e. The normalized spacial score (nSPS) is 13.0. The molecule has 0 saturated heterocycles. The number of nitrogens with zero attached hydrogens (tertiary/aromatic N) is 2. The van der Waals surface area contributed by atoms with Gasteiger partial charge in [-0.3, -0.25) is 0 Å². The van der Waals surface area contributed by atoms with Crippen molar-refractivity contribution in [2.24, 2.45) is 0 Å². The van der Waals surface area contributed by atoms with E-state index in [2.05, 4.69) is 36.5 Å². The van der Waals surface area contributed by atoms with E-state index in [0.29, 0.717) is 10.8 Å². The Labute approximate surface area is 128 Å². The minimum absolute atomic E-state index is 0.161. The molecule has 19 heavy (non-hydrogen) atoms. The number of rotatable bonds is 2. The first-order valence-corrected chi connectivity index (χ1v) is 7.20. The quantitative estimate of drug-likeness (QED) is 0.786. The van der Waals surface area contributed by atoms with Crippen molar-refractivity contribution in [2.45, 2.75) is 6.42 Å². The van der Waals surface area contributed by atoms with Gasteiger partial charge in [-0.1, -0.05) is 27.5 Å². The van der Waals surface area contributed by atoms with Crippen LogP contribution >= 0.6 is 39.1 Å². The Balaban J connectivity index is 2.00. The van der Waals surface area contributed by atoms with Crippen LogP contribution in [0.2, 0.25) is 10.3 Å². The van der Waals surface area contributed by atoms with E-state index in [1.165, 1.54) is 11.8 Å². The summed E-state index contributed by atoms with van der Waals surface area (Å²) in [6.45, 7) is 0.922. The van der Waals surface area contributed by atoms with E-state index in [0.717, 1.165) is 28.8 Å². The zero-order chi connectivity index (χ0) is 13.4. The highest BCUT2D eigenvalue weighted by Gasteiger charge is 2.18. The van der Waals surface area contributed by atoms with Crippen LogP contribution in [0.3, 0.4) is 0 Å². The number of halogens is 3. The fourth-order valence-electron chi connectivity index (χ4n) is 2.05. The van der Waals surface area contributed by atoms with Crippen molar-refractivity contribution < 1.29 is 0 Å². The molecule has 98 valence electrons. The van der Waals surface area contributed by atoms with Gasteiger partial charge in [0, 0.05) is 11.0 Å². The highest BCUT2D eigenvalue weighted by atomic mass is 79.9. The molecule has 4 nitrogen and oxygen atoms in total. The van der Waals surface area contributed by atoms with E-state index in [1.54, 1.807) is 0 Å². The number of anilines is 3. The molecule has 3 rings (SSSR count). The summed E-state index contributed by atoms with van der Waals surface area (Å²) in [5, 5.41) is 7.13. The summed E-state index contributed by atoms with van der Waals surface area (Å²) in [5.74, 6) is 0.500. The van der Waals surface area contributed by atoms with E-state index >= 15 is 0 Å². The Kier molecular flexibility index (Phi) is 3.52. The molecule has 1 aromatic heterocycles. The molecule has 0 fully saturated rings. The van der Waals surface area contributed by atoms with Gasteiger partial charge in [0.2, 0.25) is 5.28 Å². The summed E-state index contributed by atoms with van der Waals surface area (Å²) in [7, 11) is 0. The first kappa shape index (κ1) is 13.0. The van der Waals surface area contributed by atoms with Gasteiger partial charge in [-0.15, -0.1) is 0 Å². The SMILES string of the molecule is Clc1ncc(Cl)c(Nc2ccc(Br)c3c2NCC3)n1. The van der Waals surface area contributed by atoms with E-state index in [-0.39, 0.29) is 5.28 Å². The van der Waals surface area contributed by atoms with E-state index in [4.69, 9.17) is 23.2 Å². The van der Waals surface area contributed by atoms with Crippen LogP contribution in [-0.4, -0.2) is 16.5 Å². The summed E-state index contributed by atoms with van der Waals surface area (Å²) in [5.41, 5.74) is 3.24. The van der Waals surface area contributed by atoms with Crippen molar-refractivity contribution >= 4 is 56.3 Å². The summed E-state index contributed by atoms with van der Waals surface area (Å²) >= 11 is 15.4. The summed E-state index contributed by atoms with van der Waals surface area (Å²) in [4.78, 5) is 7.91. The van der Waals surface area contributed by atoms with Gasteiger partial charge < -0.3 is 10.6 Å². The van der Waals surface area contributed by atoms with E-state index in [9.17, 15) is 0 Å². The fourth-order valence-corrected chi connectivity index (χ4v) is 2.85. The minimum atomic E-state index is 0.161. The molecule has 2 aromatic rings. The Hall–Kier alpha value is -1.04. The molecule has 0 bridgehead atoms. The molecule has 1 aliphatic rings. The smallest absolute Gasteiger partial charge is 0.224 e. The molecule has 2 heterocycles. The lowest BCUT2D eigenvalue weighted by Crippen LogP contribution is -2.00. The van der Waals surface area contributed by atoms with Gasteiger partial charge in [0.25, 0.3) is 0 Å². The fraction of sp³-hybridized carbons (Fsp3) is 0.167. The van der Waals surface area contributed by atoms with Crippen molar-refractivity contribution in [3.63, 3.8) is 0 Å². The van der Waals surface area contributed by atoms with Gasteiger partial charge in [0.1, 0.15) is 5.02 Å². The van der Waals surface area contributed by atoms with E-state index < -0.39 is 0 Å². The van der Waals surface area contributed by atoms with E-state index in [1.807, 2.05) is 12.1 Å². The van der Waals surface area contributed by atoms with Crippen LogP contribution in [0.5, 0.6) is 0 Å². The maximum atomic E-state index is 6.05. The number of hydrogen-bond donors (Lipinski definition) is 2. The molecule has 0 atom stereocenters. The maximum absolute atomic E-state index is 6.05. The van der Waals surface area contributed by atoms with Crippen LogP contribution < -0.4 is 10.6 Å². The van der Waals surface area contributed by atoms with Gasteiger partial charge in [-0.25, -0.2) is 4.98 Å². The maximum Gasteiger partial charge on any atom is 0.224 e. The monoisotopic (exact) mass is 358 g/mol. The van der Waals surface area contributed by atoms with Gasteiger partial charge in [-0.2, -0.15) is 4.98 Å². The number of benzene rings is 1. The molecule has 0 radical (unpaired) electrons. The Morgan fingerprint density at radius 2 is 2.16 bits per heavy atom. The second-order valence-corrected chi connectivity index (χ2v) is 5.69. The van der Waals surface area contributed by atoms with Crippen molar-refractivity contribution in [3.05, 3.63) is 38.7 Å². The highest BCUT2D eigenvalue weighted by molar-refractivity contribution is 9.10. The van der Waals surface area contributed by atoms with Crippen LogP contribution in [0.4, 0.5) is 17.2 Å². The standard InChI is InChI=1S/C12H9BrCl2N4/c13-7-1-2-9(10-6(7)3-4-16-10)18-11-8(14)5-17-12(15)19-11/h1-2,5,16H,3-4H2,(H,17,18,19). The van der Waals surface area contributed by atoms with Crippen molar-refractivity contribution in [1.29, 1.82) is 0 Å². The lowest BCUT2D eigenvalue weighted by molar-refractivity contribution is 1.10. The molecule has 0 saturated carbocycles. The molecular formula is C12H9BrCl2N4. The molecule has 0 amide bonds. The topological polar surface area (TPSA) is 49.8 Å². The average molecular weight is 360 g/mol. The van der Waals surface area contributed by atoms with Crippen molar-refractivity contribution in [3.8, 4) is 0 Å². The molecule has 7 heteroatoms. The summed E-state index contributed by atoms with van der Waals surface area (Å²) in [6.07, 6.45) is 2.47. The van der Waals surface area contributed by atoms with Gasteiger partial charge in [0.05, 0.1) is 17.6 Å². The first-order valence-electron chi connectivity index (χ1n) is 5.65. The summed E-state index contributed by atoms with van der Waals surface area (Å²) in [6, 6.07) is 3.97. The van der Waals surface area contributed by atoms with Gasteiger partial charge >= 0.3 is 0 Å². The Morgan fingerprint density at radius 1 is 1.32 bits per heavy atom. The third-order valence-electron chi connectivity index (χ3n) is 2.90. The van der Waals surface area contributed by atoms with Crippen LogP contribution in [0.25, 0.3) is 0 Å². The highest BCUT2D eigenvalue weighted by Crippen LogP contribution is 2.38. The number of aromatic nitrogens is 2. The Morgan fingerprint density at radius 3 is 3.00 bits per heavy atom. The summed E-state index contributed by atoms with van der Waals surface area (Å²) < 4.78 is 1.10. The number of hydrogen-bond acceptors (Lipinski definition) is 4. The molecule has 2 N–H and O–H groups in total. The average Bonchev–Trinajstić information content (AvgIpc) is 2.87. The van der Waals surface area contributed by atoms with Crippen LogP contribution in [0.15, 0.2) is 22.8 Å². The third-order valence-corrected chi connectivity index (χ3v) is 4.10. The number of nitrogens with one attached hydrogen (secondary N) is 2. The largest absolute Gasteiger partial charge is 0.383 e. The zero-order valence-corrected chi connectivity index (χ0v) is 12.8. The molecule has 1 aromatic carbocycles. The molecule has 0 unspecified atom stereocenters. The second-order valence-electron chi connectivity index (χ2n) is 4.09.